The summed E-state index contributed by atoms with van der Waals surface area (Å²) in [7, 11) is 0. The van der Waals surface area contributed by atoms with E-state index in [0.29, 0.717) is 36.1 Å². The van der Waals surface area contributed by atoms with Crippen LogP contribution in [0, 0.1) is 0 Å². The molecule has 0 bridgehead atoms. The molecule has 0 unspecified atom stereocenters. The van der Waals surface area contributed by atoms with Gasteiger partial charge in [0.2, 0.25) is 5.91 Å². The van der Waals surface area contributed by atoms with Crippen LogP contribution in [-0.4, -0.2) is 86.1 Å². The Hall–Kier alpha value is -1.72. The van der Waals surface area contributed by atoms with Crippen molar-refractivity contribution in [2.75, 3.05) is 52.4 Å². The molecule has 0 saturated carbocycles. The van der Waals surface area contributed by atoms with Crippen molar-refractivity contribution in [1.29, 1.82) is 0 Å². The van der Waals surface area contributed by atoms with Crippen LogP contribution in [0.25, 0.3) is 0 Å². The van der Waals surface area contributed by atoms with Crippen molar-refractivity contribution in [2.24, 2.45) is 0 Å². The van der Waals surface area contributed by atoms with Gasteiger partial charge in [0.15, 0.2) is 0 Å². The second-order valence-electron chi connectivity index (χ2n) is 10.5. The molecular formula is C30H41ClIN5O2. The lowest BCUT2D eigenvalue weighted by Gasteiger charge is -2.31. The van der Waals surface area contributed by atoms with E-state index in [1.165, 1.54) is 5.56 Å². The number of rotatable bonds is 11. The third-order valence-corrected chi connectivity index (χ3v) is 9.09. The molecule has 0 radical (unpaired) electrons. The van der Waals surface area contributed by atoms with E-state index in [1.54, 1.807) is 12.1 Å². The Morgan fingerprint density at radius 2 is 1.92 bits per heavy atom. The van der Waals surface area contributed by atoms with Crippen molar-refractivity contribution in [3.8, 4) is 0 Å². The Morgan fingerprint density at radius 1 is 1.15 bits per heavy atom. The highest BCUT2D eigenvalue weighted by molar-refractivity contribution is 14.1. The Balaban J connectivity index is 1.43. The van der Waals surface area contributed by atoms with Crippen LogP contribution >= 0.6 is 34.2 Å². The molecule has 2 aromatic carbocycles. The highest BCUT2D eigenvalue weighted by Crippen LogP contribution is 2.23. The molecule has 3 atom stereocenters. The first kappa shape index (κ1) is 30.2. The van der Waals surface area contributed by atoms with Crippen molar-refractivity contribution in [3.05, 3.63) is 70.2 Å². The van der Waals surface area contributed by atoms with E-state index in [-0.39, 0.29) is 23.9 Å². The van der Waals surface area contributed by atoms with Gasteiger partial charge in [-0.05, 0) is 48.6 Å². The molecule has 2 aliphatic rings. The molecule has 39 heavy (non-hydrogen) atoms. The maximum atomic E-state index is 13.8. The van der Waals surface area contributed by atoms with E-state index in [9.17, 15) is 9.59 Å². The standard InChI is InChI=1S/C30H41ClIN5O2/c1-2-22(23-6-4-3-5-7-23)21-37-15-10-26(20-34-29(38)24-8-9-27(31)25(18-24)19-32)35-28(30(37)39)11-14-36-16-12-33-13-17-36/h3-9,18,22,26,28,33,35H,2,10-17,19-21H2,1H3,(H,34,38)/t22-,26+,28+/m1/s1. The van der Waals surface area contributed by atoms with Gasteiger partial charge in [0.1, 0.15) is 0 Å². The second-order valence-corrected chi connectivity index (χ2v) is 11.7. The van der Waals surface area contributed by atoms with Gasteiger partial charge in [-0.25, -0.2) is 0 Å². The molecule has 2 saturated heterocycles. The molecule has 4 rings (SSSR count). The minimum Gasteiger partial charge on any atom is -0.350 e. The number of nitrogens with one attached hydrogen (secondary N) is 3. The number of amides is 2. The zero-order valence-electron chi connectivity index (χ0n) is 22.8. The van der Waals surface area contributed by atoms with Crippen LogP contribution in [0.3, 0.4) is 0 Å². The van der Waals surface area contributed by atoms with E-state index >= 15 is 0 Å². The largest absolute Gasteiger partial charge is 0.350 e. The molecule has 2 heterocycles. The quantitative estimate of drug-likeness (QED) is 0.250. The summed E-state index contributed by atoms with van der Waals surface area (Å²) in [6.45, 7) is 8.96. The van der Waals surface area contributed by atoms with E-state index < -0.39 is 0 Å². The van der Waals surface area contributed by atoms with Gasteiger partial charge >= 0.3 is 0 Å². The fourth-order valence-electron chi connectivity index (χ4n) is 5.47. The van der Waals surface area contributed by atoms with Crippen molar-refractivity contribution in [1.82, 2.24) is 25.8 Å². The first-order valence-electron chi connectivity index (χ1n) is 14.1. The zero-order chi connectivity index (χ0) is 27.6. The molecule has 3 N–H and O–H groups in total. The minimum atomic E-state index is -0.265. The van der Waals surface area contributed by atoms with Gasteiger partial charge in [0.05, 0.1) is 6.04 Å². The monoisotopic (exact) mass is 665 g/mol. The topological polar surface area (TPSA) is 76.7 Å². The molecule has 9 heteroatoms. The summed E-state index contributed by atoms with van der Waals surface area (Å²) in [5, 5.41) is 10.8. The Morgan fingerprint density at radius 3 is 2.64 bits per heavy atom. The number of hydrogen-bond acceptors (Lipinski definition) is 5. The number of carbonyl (C=O) groups is 2. The maximum absolute atomic E-state index is 13.8. The highest BCUT2D eigenvalue weighted by atomic mass is 127. The summed E-state index contributed by atoms with van der Waals surface area (Å²) in [6, 6.07) is 15.7. The van der Waals surface area contributed by atoms with E-state index in [1.807, 2.05) is 12.1 Å². The zero-order valence-corrected chi connectivity index (χ0v) is 25.7. The number of nitrogens with zero attached hydrogens (tertiary/aromatic N) is 2. The Kier molecular flexibility index (Phi) is 11.9. The Labute approximate surface area is 251 Å². The number of carbonyl (C=O) groups excluding carboxylic acids is 2. The lowest BCUT2D eigenvalue weighted by atomic mass is 9.95. The SMILES string of the molecule is CC[C@H](CN1CC[C@@H](CNC(=O)c2ccc(Cl)c(CI)c2)N[C@@H](CCN2CCNCC2)C1=O)c1ccccc1. The van der Waals surface area contributed by atoms with Crippen LogP contribution in [0.2, 0.25) is 5.02 Å². The molecule has 2 fully saturated rings. The van der Waals surface area contributed by atoms with Gasteiger partial charge in [-0.2, -0.15) is 0 Å². The van der Waals surface area contributed by atoms with E-state index in [4.69, 9.17) is 11.6 Å². The summed E-state index contributed by atoms with van der Waals surface area (Å²) < 4.78 is 0.746. The normalized spacial score (nSPS) is 21.4. The second kappa shape index (κ2) is 15.3. The van der Waals surface area contributed by atoms with Crippen LogP contribution in [0.5, 0.6) is 0 Å². The fourth-order valence-corrected chi connectivity index (χ4v) is 6.52. The molecule has 2 amide bonds. The first-order valence-corrected chi connectivity index (χ1v) is 16.0. The molecule has 0 aromatic heterocycles. The molecule has 0 aliphatic carbocycles. The molecule has 2 aromatic rings. The number of benzene rings is 2. The average Bonchev–Trinajstić information content (AvgIpc) is 3.12. The van der Waals surface area contributed by atoms with Gasteiger partial charge in [-0.15, -0.1) is 0 Å². The summed E-state index contributed by atoms with van der Waals surface area (Å²) in [5.74, 6) is 0.370. The number of alkyl halides is 1. The van der Waals surface area contributed by atoms with Crippen LogP contribution in [0.4, 0.5) is 0 Å². The molecular weight excluding hydrogens is 625 g/mol. The predicted molar refractivity (Wildman–Crippen MR) is 167 cm³/mol. The van der Waals surface area contributed by atoms with Gasteiger partial charge in [-0.1, -0.05) is 71.4 Å². The lowest BCUT2D eigenvalue weighted by Crippen LogP contribution is -2.51. The number of hydrogen-bond donors (Lipinski definition) is 3. The third-order valence-electron chi connectivity index (χ3n) is 7.90. The van der Waals surface area contributed by atoms with Gasteiger partial charge in [-0.3, -0.25) is 9.59 Å². The van der Waals surface area contributed by atoms with Gasteiger partial charge < -0.3 is 25.8 Å². The van der Waals surface area contributed by atoms with Crippen molar-refractivity contribution < 1.29 is 9.59 Å². The highest BCUT2D eigenvalue weighted by Gasteiger charge is 2.32. The average molecular weight is 666 g/mol. The van der Waals surface area contributed by atoms with Crippen LogP contribution in [-0.2, 0) is 9.22 Å². The van der Waals surface area contributed by atoms with Gasteiger partial charge in [0.25, 0.3) is 5.91 Å². The summed E-state index contributed by atoms with van der Waals surface area (Å²) >= 11 is 8.50. The van der Waals surface area contributed by atoms with E-state index in [0.717, 1.165) is 62.0 Å². The molecule has 7 nitrogen and oxygen atoms in total. The molecule has 0 spiro atoms. The van der Waals surface area contributed by atoms with Crippen molar-refractivity contribution in [3.63, 3.8) is 0 Å². The summed E-state index contributed by atoms with van der Waals surface area (Å²) in [6.07, 6.45) is 2.53. The van der Waals surface area contributed by atoms with Crippen molar-refractivity contribution >= 4 is 46.0 Å². The first-order chi connectivity index (χ1) is 19.0. The van der Waals surface area contributed by atoms with Gasteiger partial charge in [0, 0.05) is 79.3 Å². The van der Waals surface area contributed by atoms with E-state index in [2.05, 4.69) is 79.5 Å². The third kappa shape index (κ3) is 8.63. The number of piperazine rings is 1. The lowest BCUT2D eigenvalue weighted by molar-refractivity contribution is -0.133. The fraction of sp³-hybridized carbons (Fsp3) is 0.533. The minimum absolute atomic E-state index is 0.0177. The van der Waals surface area contributed by atoms with Crippen LogP contribution < -0.4 is 16.0 Å². The maximum Gasteiger partial charge on any atom is 0.251 e. The summed E-state index contributed by atoms with van der Waals surface area (Å²) in [5.41, 5.74) is 2.84. The van der Waals surface area contributed by atoms with Crippen LogP contribution in [0.1, 0.15) is 53.6 Å². The van der Waals surface area contributed by atoms with Crippen molar-refractivity contribution in [2.45, 2.75) is 48.6 Å². The smallest absolute Gasteiger partial charge is 0.251 e. The predicted octanol–water partition coefficient (Wildman–Crippen LogP) is 4.05. The summed E-state index contributed by atoms with van der Waals surface area (Å²) in [4.78, 5) is 31.3. The molecule has 2 aliphatic heterocycles. The number of halogens is 2. The Bertz CT molecular complexity index is 1080. The molecule has 212 valence electrons. The van der Waals surface area contributed by atoms with Crippen LogP contribution in [0.15, 0.2) is 48.5 Å².